The number of carbonyl (C=O) groups excluding carboxylic acids is 2. The molecular formula is C25H26N4O6. The van der Waals surface area contributed by atoms with Crippen molar-refractivity contribution < 1.29 is 19.4 Å². The van der Waals surface area contributed by atoms with Crippen LogP contribution in [0.1, 0.15) is 42.6 Å². The Bertz CT molecular complexity index is 1240. The minimum atomic E-state index is -0.951. The molecule has 1 atom stereocenters. The predicted octanol–water partition coefficient (Wildman–Crippen LogP) is 4.60. The third-order valence-corrected chi connectivity index (χ3v) is 5.64. The number of hydrogen-bond donors (Lipinski definition) is 1. The number of carbonyl (C=O) groups is 2. The summed E-state index contributed by atoms with van der Waals surface area (Å²) in [4.78, 5) is 48.4. The van der Waals surface area contributed by atoms with E-state index < -0.39 is 33.2 Å². The molecule has 3 rings (SSSR count). The summed E-state index contributed by atoms with van der Waals surface area (Å²) in [7, 11) is 0. The van der Waals surface area contributed by atoms with Gasteiger partial charge in [-0.1, -0.05) is 55.8 Å². The number of nitrogens with zero attached hydrogens (tertiary/aromatic N) is 3. The van der Waals surface area contributed by atoms with Crippen molar-refractivity contribution in [3.63, 3.8) is 0 Å². The van der Waals surface area contributed by atoms with Gasteiger partial charge in [-0.15, -0.1) is 0 Å². The van der Waals surface area contributed by atoms with Crippen molar-refractivity contribution in [2.24, 2.45) is 0 Å². The molecule has 0 aromatic heterocycles. The first-order chi connectivity index (χ1) is 16.7. The van der Waals surface area contributed by atoms with Gasteiger partial charge in [0.25, 0.3) is 17.3 Å². The largest absolute Gasteiger partial charge is 0.341 e. The van der Waals surface area contributed by atoms with Gasteiger partial charge in [-0.25, -0.2) is 0 Å². The molecular weight excluding hydrogens is 452 g/mol. The van der Waals surface area contributed by atoms with E-state index in [0.29, 0.717) is 13.1 Å². The molecule has 0 radical (unpaired) electrons. The Morgan fingerprint density at radius 2 is 1.60 bits per heavy atom. The van der Waals surface area contributed by atoms with Crippen molar-refractivity contribution in [1.29, 1.82) is 0 Å². The number of nitrogens with one attached hydrogen (secondary N) is 1. The van der Waals surface area contributed by atoms with Gasteiger partial charge in [0.05, 0.1) is 21.5 Å². The third-order valence-electron chi connectivity index (χ3n) is 5.64. The Labute approximate surface area is 201 Å². The zero-order chi connectivity index (χ0) is 25.5. The van der Waals surface area contributed by atoms with Gasteiger partial charge >= 0.3 is 0 Å². The van der Waals surface area contributed by atoms with Crippen molar-refractivity contribution in [3.8, 4) is 0 Å². The molecule has 182 valence electrons. The zero-order valence-electron chi connectivity index (χ0n) is 19.5. The highest BCUT2D eigenvalue weighted by molar-refractivity contribution is 5.98. The van der Waals surface area contributed by atoms with E-state index in [2.05, 4.69) is 5.32 Å². The van der Waals surface area contributed by atoms with Crippen molar-refractivity contribution >= 4 is 34.0 Å². The normalized spacial score (nSPS) is 11.6. The van der Waals surface area contributed by atoms with Crippen molar-refractivity contribution in [1.82, 2.24) is 10.2 Å². The van der Waals surface area contributed by atoms with Crippen LogP contribution in [0, 0.1) is 20.2 Å². The van der Waals surface area contributed by atoms with E-state index >= 15 is 0 Å². The van der Waals surface area contributed by atoms with Crippen LogP contribution in [0.3, 0.4) is 0 Å². The molecule has 0 aliphatic rings. The average molecular weight is 479 g/mol. The summed E-state index contributed by atoms with van der Waals surface area (Å²) in [6.07, 6.45) is 1.64. The fourth-order valence-electron chi connectivity index (χ4n) is 3.80. The van der Waals surface area contributed by atoms with Gasteiger partial charge in [-0.3, -0.25) is 29.8 Å². The molecule has 3 aromatic carbocycles. The highest BCUT2D eigenvalue weighted by Gasteiger charge is 2.25. The number of nitro groups is 2. The summed E-state index contributed by atoms with van der Waals surface area (Å²) < 4.78 is 0. The first-order valence-electron chi connectivity index (χ1n) is 11.2. The number of benzene rings is 3. The van der Waals surface area contributed by atoms with E-state index in [9.17, 15) is 29.8 Å². The van der Waals surface area contributed by atoms with E-state index in [-0.39, 0.29) is 11.5 Å². The molecule has 2 amide bonds. The Kier molecular flexibility index (Phi) is 8.08. The standard InChI is InChI=1S/C25H26N4O6/c1-3-4-12-27(16-19-10-7-9-18-8-5-6-11-23(18)19)25(31)17(2)26-24(30)20-13-21(28(32)33)15-22(14-20)29(34)35/h5-11,13-15,17H,3-4,12,16H2,1-2H3,(H,26,30)/t17-/m0/s1. The van der Waals surface area contributed by atoms with Gasteiger partial charge in [-0.05, 0) is 29.7 Å². The fraction of sp³-hybridized carbons (Fsp3) is 0.280. The first kappa shape index (κ1) is 25.3. The van der Waals surface area contributed by atoms with Crippen LogP contribution >= 0.6 is 0 Å². The Balaban J connectivity index is 1.81. The number of amides is 2. The van der Waals surface area contributed by atoms with Crippen LogP contribution in [-0.2, 0) is 11.3 Å². The molecule has 0 unspecified atom stereocenters. The maximum Gasteiger partial charge on any atom is 0.277 e. The Morgan fingerprint density at radius 3 is 2.23 bits per heavy atom. The molecule has 0 spiro atoms. The number of unbranched alkanes of at least 4 members (excludes halogenated alkanes) is 1. The van der Waals surface area contributed by atoms with Crippen molar-refractivity contribution in [3.05, 3.63) is 92.0 Å². The van der Waals surface area contributed by atoms with Crippen LogP contribution < -0.4 is 5.32 Å². The molecule has 0 fully saturated rings. The molecule has 0 heterocycles. The summed E-state index contributed by atoms with van der Waals surface area (Å²) in [5, 5.41) is 26.9. The number of rotatable bonds is 10. The van der Waals surface area contributed by atoms with Gasteiger partial charge in [0.1, 0.15) is 6.04 Å². The average Bonchev–Trinajstić information content (AvgIpc) is 2.85. The quantitative estimate of drug-likeness (QED) is 0.334. The molecule has 1 N–H and O–H groups in total. The van der Waals surface area contributed by atoms with Crippen LogP contribution in [0.25, 0.3) is 10.8 Å². The topological polar surface area (TPSA) is 136 Å². The molecule has 10 heteroatoms. The fourth-order valence-corrected chi connectivity index (χ4v) is 3.80. The lowest BCUT2D eigenvalue weighted by atomic mass is 10.0. The second kappa shape index (κ2) is 11.2. The zero-order valence-corrected chi connectivity index (χ0v) is 19.5. The number of fused-ring (bicyclic) bond motifs is 1. The van der Waals surface area contributed by atoms with E-state index in [1.165, 1.54) is 6.92 Å². The molecule has 0 aliphatic carbocycles. The van der Waals surface area contributed by atoms with Crippen LogP contribution in [0.2, 0.25) is 0 Å². The number of non-ortho nitro benzene ring substituents is 2. The Morgan fingerprint density at radius 1 is 0.971 bits per heavy atom. The van der Waals surface area contributed by atoms with Crippen LogP contribution in [0.15, 0.2) is 60.7 Å². The van der Waals surface area contributed by atoms with Crippen LogP contribution in [0.5, 0.6) is 0 Å². The van der Waals surface area contributed by atoms with E-state index in [4.69, 9.17) is 0 Å². The lowest BCUT2D eigenvalue weighted by Gasteiger charge is -2.27. The van der Waals surface area contributed by atoms with E-state index in [1.54, 1.807) is 4.90 Å². The number of hydrogen-bond acceptors (Lipinski definition) is 6. The summed E-state index contributed by atoms with van der Waals surface area (Å²) in [5.41, 5.74) is -0.451. The van der Waals surface area contributed by atoms with Gasteiger partial charge < -0.3 is 10.2 Å². The van der Waals surface area contributed by atoms with E-state index in [1.807, 2.05) is 49.4 Å². The number of nitro benzene ring substituents is 2. The minimum Gasteiger partial charge on any atom is -0.341 e. The SMILES string of the molecule is CCCCN(Cc1cccc2ccccc12)C(=O)[C@H](C)NC(=O)c1cc([N+](=O)[O-])cc([N+](=O)[O-])c1. The smallest absolute Gasteiger partial charge is 0.277 e. The highest BCUT2D eigenvalue weighted by Crippen LogP contribution is 2.23. The lowest BCUT2D eigenvalue weighted by Crippen LogP contribution is -2.47. The van der Waals surface area contributed by atoms with Crippen LogP contribution in [0.4, 0.5) is 11.4 Å². The third kappa shape index (κ3) is 6.17. The van der Waals surface area contributed by atoms with Gasteiger partial charge in [-0.2, -0.15) is 0 Å². The van der Waals surface area contributed by atoms with Crippen molar-refractivity contribution in [2.75, 3.05) is 6.54 Å². The Hall–Kier alpha value is -4.34. The monoisotopic (exact) mass is 478 g/mol. The summed E-state index contributed by atoms with van der Waals surface area (Å²) in [5.74, 6) is -1.13. The van der Waals surface area contributed by atoms with Gasteiger partial charge in [0, 0.05) is 25.2 Å². The first-order valence-corrected chi connectivity index (χ1v) is 11.2. The van der Waals surface area contributed by atoms with E-state index in [0.717, 1.165) is 47.4 Å². The maximum absolute atomic E-state index is 13.3. The molecule has 0 aliphatic heterocycles. The molecule has 0 saturated heterocycles. The summed E-state index contributed by atoms with van der Waals surface area (Å²) in [6, 6.07) is 15.5. The highest BCUT2D eigenvalue weighted by atomic mass is 16.6. The molecule has 10 nitrogen and oxygen atoms in total. The predicted molar refractivity (Wildman–Crippen MR) is 131 cm³/mol. The molecule has 0 saturated carbocycles. The maximum atomic E-state index is 13.3. The van der Waals surface area contributed by atoms with Crippen LogP contribution in [-0.4, -0.2) is 39.1 Å². The van der Waals surface area contributed by atoms with Gasteiger partial charge in [0.2, 0.25) is 5.91 Å². The second-order valence-electron chi connectivity index (χ2n) is 8.20. The lowest BCUT2D eigenvalue weighted by molar-refractivity contribution is -0.394. The summed E-state index contributed by atoms with van der Waals surface area (Å²) in [6.45, 7) is 4.37. The molecule has 3 aromatic rings. The van der Waals surface area contributed by atoms with Gasteiger partial charge in [0.15, 0.2) is 0 Å². The second-order valence-corrected chi connectivity index (χ2v) is 8.20. The summed E-state index contributed by atoms with van der Waals surface area (Å²) >= 11 is 0. The minimum absolute atomic E-state index is 0.264. The molecule has 35 heavy (non-hydrogen) atoms. The van der Waals surface area contributed by atoms with Crippen molar-refractivity contribution in [2.45, 2.75) is 39.3 Å². The molecule has 0 bridgehead atoms.